The zero-order valence-electron chi connectivity index (χ0n) is 13.4. The number of nitrogens with one attached hydrogen (secondary N) is 1. The van der Waals surface area contributed by atoms with Gasteiger partial charge in [-0.3, -0.25) is 9.48 Å². The number of hydrazone groups is 1. The lowest BCUT2D eigenvalue weighted by Gasteiger charge is -2.05. The molecule has 2 aromatic carbocycles. The van der Waals surface area contributed by atoms with Gasteiger partial charge in [0.15, 0.2) is 5.69 Å². The van der Waals surface area contributed by atoms with Gasteiger partial charge in [0, 0.05) is 26.3 Å². The zero-order chi connectivity index (χ0) is 18.5. The Labute approximate surface area is 168 Å². The fourth-order valence-corrected chi connectivity index (χ4v) is 3.05. The van der Waals surface area contributed by atoms with E-state index in [0.717, 1.165) is 15.6 Å². The minimum absolute atomic E-state index is 0.263. The van der Waals surface area contributed by atoms with Crippen LogP contribution in [0.2, 0.25) is 10.0 Å². The average molecular weight is 452 g/mol. The van der Waals surface area contributed by atoms with Gasteiger partial charge in [0.25, 0.3) is 5.91 Å². The Hall–Kier alpha value is -2.15. The number of hydrogen-bond donors (Lipinski definition) is 1. The number of nitrogens with zero attached hydrogens (tertiary/aromatic N) is 3. The lowest BCUT2D eigenvalue weighted by molar-refractivity contribution is 0.0949. The van der Waals surface area contributed by atoms with Crippen molar-refractivity contribution in [2.45, 2.75) is 6.54 Å². The van der Waals surface area contributed by atoms with Crippen LogP contribution in [0.25, 0.3) is 0 Å². The first kappa shape index (κ1) is 18.6. The van der Waals surface area contributed by atoms with Crippen molar-refractivity contribution in [3.8, 4) is 0 Å². The van der Waals surface area contributed by atoms with E-state index in [2.05, 4.69) is 31.6 Å². The minimum atomic E-state index is -0.394. The molecule has 0 aliphatic rings. The summed E-state index contributed by atoms with van der Waals surface area (Å²) in [4.78, 5) is 12.1. The molecule has 0 saturated carbocycles. The van der Waals surface area contributed by atoms with Crippen LogP contribution in [0.15, 0.2) is 64.3 Å². The van der Waals surface area contributed by atoms with Crippen molar-refractivity contribution >= 4 is 51.3 Å². The first-order valence-electron chi connectivity index (χ1n) is 7.58. The maximum atomic E-state index is 12.1. The second-order valence-electron chi connectivity index (χ2n) is 5.35. The van der Waals surface area contributed by atoms with Gasteiger partial charge < -0.3 is 0 Å². The smallest absolute Gasteiger partial charge is 0.267 e. The summed E-state index contributed by atoms with van der Waals surface area (Å²) in [6.07, 6.45) is 3.27. The summed E-state index contributed by atoms with van der Waals surface area (Å²) in [7, 11) is 0. The quantitative estimate of drug-likeness (QED) is 0.448. The van der Waals surface area contributed by atoms with Crippen molar-refractivity contribution in [3.05, 3.63) is 86.1 Å². The molecule has 1 aromatic heterocycles. The molecule has 0 atom stereocenters. The summed E-state index contributed by atoms with van der Waals surface area (Å²) in [5, 5.41) is 9.32. The molecule has 1 N–H and O–H groups in total. The van der Waals surface area contributed by atoms with E-state index in [1.165, 1.54) is 0 Å². The molecular weight excluding hydrogens is 439 g/mol. The van der Waals surface area contributed by atoms with E-state index in [1.54, 1.807) is 35.3 Å². The van der Waals surface area contributed by atoms with Crippen molar-refractivity contribution in [3.63, 3.8) is 0 Å². The number of halogens is 3. The van der Waals surface area contributed by atoms with Gasteiger partial charge >= 0.3 is 0 Å². The molecule has 26 heavy (non-hydrogen) atoms. The highest BCUT2D eigenvalue weighted by atomic mass is 79.9. The molecule has 0 bridgehead atoms. The van der Waals surface area contributed by atoms with Crippen LogP contribution in [0.4, 0.5) is 0 Å². The SMILES string of the molecule is O=C(NN=Cc1ccccc1Br)c1ccn(Cc2ccc(Cl)cc2Cl)n1. The van der Waals surface area contributed by atoms with E-state index in [4.69, 9.17) is 23.2 Å². The summed E-state index contributed by atoms with van der Waals surface area (Å²) in [6.45, 7) is 0.434. The predicted octanol–water partition coefficient (Wildman–Crippen LogP) is 4.76. The third-order valence-electron chi connectivity index (χ3n) is 3.50. The topological polar surface area (TPSA) is 59.3 Å². The van der Waals surface area contributed by atoms with Gasteiger partial charge in [0.2, 0.25) is 0 Å². The van der Waals surface area contributed by atoms with E-state index in [0.29, 0.717) is 16.6 Å². The number of carbonyl (C=O) groups excluding carboxylic acids is 1. The first-order chi connectivity index (χ1) is 12.5. The Bertz CT molecular complexity index is 971. The molecule has 8 heteroatoms. The summed E-state index contributed by atoms with van der Waals surface area (Å²) < 4.78 is 2.52. The molecule has 132 valence electrons. The maximum Gasteiger partial charge on any atom is 0.291 e. The van der Waals surface area contributed by atoms with Crippen LogP contribution >= 0.6 is 39.1 Å². The Morgan fingerprint density at radius 3 is 2.81 bits per heavy atom. The lowest BCUT2D eigenvalue weighted by atomic mass is 10.2. The highest BCUT2D eigenvalue weighted by Gasteiger charge is 2.10. The van der Waals surface area contributed by atoms with E-state index >= 15 is 0 Å². The van der Waals surface area contributed by atoms with Crippen molar-refractivity contribution in [2.24, 2.45) is 5.10 Å². The molecule has 0 saturated heterocycles. The highest BCUT2D eigenvalue weighted by Crippen LogP contribution is 2.21. The van der Waals surface area contributed by atoms with Gasteiger partial charge in [-0.2, -0.15) is 10.2 Å². The second kappa shape index (κ2) is 8.49. The van der Waals surface area contributed by atoms with Crippen LogP contribution in [0, 0.1) is 0 Å². The summed E-state index contributed by atoms with van der Waals surface area (Å²) in [5.74, 6) is -0.394. The van der Waals surface area contributed by atoms with E-state index in [-0.39, 0.29) is 5.69 Å². The number of amides is 1. The molecular formula is C18H13BrCl2N4O. The molecule has 1 amide bonds. The average Bonchev–Trinajstić information content (AvgIpc) is 3.08. The number of benzene rings is 2. The van der Waals surface area contributed by atoms with Crippen LogP contribution in [0.3, 0.4) is 0 Å². The molecule has 0 aliphatic heterocycles. The standard InChI is InChI=1S/C18H13BrCl2N4O/c19-15-4-2-1-3-12(15)10-22-23-18(26)17-7-8-25(24-17)11-13-5-6-14(20)9-16(13)21/h1-10H,11H2,(H,23,26). The van der Waals surface area contributed by atoms with E-state index in [1.807, 2.05) is 30.3 Å². The third kappa shape index (κ3) is 4.72. The van der Waals surface area contributed by atoms with Gasteiger partial charge in [-0.05, 0) is 29.8 Å². The molecule has 3 aromatic rings. The molecule has 5 nitrogen and oxygen atoms in total. The van der Waals surface area contributed by atoms with Crippen molar-refractivity contribution in [2.75, 3.05) is 0 Å². The second-order valence-corrected chi connectivity index (χ2v) is 7.05. The predicted molar refractivity (Wildman–Crippen MR) is 107 cm³/mol. The van der Waals surface area contributed by atoms with Crippen LogP contribution in [-0.2, 0) is 6.54 Å². The first-order valence-corrected chi connectivity index (χ1v) is 9.13. The van der Waals surface area contributed by atoms with Gasteiger partial charge in [-0.15, -0.1) is 0 Å². The fraction of sp³-hybridized carbons (Fsp3) is 0.0556. The third-order valence-corrected chi connectivity index (χ3v) is 4.80. The zero-order valence-corrected chi connectivity index (χ0v) is 16.5. The monoisotopic (exact) mass is 450 g/mol. The van der Waals surface area contributed by atoms with Crippen LogP contribution in [-0.4, -0.2) is 21.9 Å². The summed E-state index contributed by atoms with van der Waals surface area (Å²) >= 11 is 15.5. The molecule has 1 heterocycles. The lowest BCUT2D eigenvalue weighted by Crippen LogP contribution is -2.18. The number of hydrogen-bond acceptors (Lipinski definition) is 3. The Balaban J connectivity index is 1.63. The van der Waals surface area contributed by atoms with Crippen molar-refractivity contribution < 1.29 is 4.79 Å². The molecule has 0 aliphatic carbocycles. The van der Waals surface area contributed by atoms with E-state index in [9.17, 15) is 4.79 Å². The van der Waals surface area contributed by atoms with Crippen LogP contribution < -0.4 is 5.43 Å². The molecule has 0 spiro atoms. The van der Waals surface area contributed by atoms with Gasteiger partial charge in [-0.25, -0.2) is 5.43 Å². The number of rotatable bonds is 5. The fourth-order valence-electron chi connectivity index (χ4n) is 2.19. The normalized spacial score (nSPS) is 11.0. The number of carbonyl (C=O) groups is 1. The summed E-state index contributed by atoms with van der Waals surface area (Å²) in [5.41, 5.74) is 4.44. The van der Waals surface area contributed by atoms with Gasteiger partial charge in [-0.1, -0.05) is 63.4 Å². The largest absolute Gasteiger partial charge is 0.291 e. The Morgan fingerprint density at radius 1 is 1.23 bits per heavy atom. The molecule has 3 rings (SSSR count). The Morgan fingerprint density at radius 2 is 2.04 bits per heavy atom. The highest BCUT2D eigenvalue weighted by molar-refractivity contribution is 9.10. The molecule has 0 radical (unpaired) electrons. The van der Waals surface area contributed by atoms with Crippen LogP contribution in [0.1, 0.15) is 21.6 Å². The Kier molecular flexibility index (Phi) is 6.08. The molecule has 0 fully saturated rings. The molecule has 0 unspecified atom stereocenters. The minimum Gasteiger partial charge on any atom is -0.267 e. The maximum absolute atomic E-state index is 12.1. The van der Waals surface area contributed by atoms with Crippen molar-refractivity contribution in [1.82, 2.24) is 15.2 Å². The van der Waals surface area contributed by atoms with Crippen molar-refractivity contribution in [1.29, 1.82) is 0 Å². The summed E-state index contributed by atoms with van der Waals surface area (Å²) in [6, 6.07) is 14.4. The van der Waals surface area contributed by atoms with E-state index < -0.39 is 5.91 Å². The van der Waals surface area contributed by atoms with Gasteiger partial charge in [0.1, 0.15) is 0 Å². The number of aromatic nitrogens is 2. The van der Waals surface area contributed by atoms with Gasteiger partial charge in [0.05, 0.1) is 12.8 Å². The van der Waals surface area contributed by atoms with Crippen LogP contribution in [0.5, 0.6) is 0 Å².